The molecule has 0 radical (unpaired) electrons. The van der Waals surface area contributed by atoms with E-state index in [0.29, 0.717) is 0 Å². The molecule has 0 aliphatic rings. The van der Waals surface area contributed by atoms with Crippen LogP contribution < -0.4 is 5.32 Å². The molecule has 0 bridgehead atoms. The van der Waals surface area contributed by atoms with Gasteiger partial charge in [0.05, 0.1) is 6.54 Å². The summed E-state index contributed by atoms with van der Waals surface area (Å²) >= 11 is 0. The van der Waals surface area contributed by atoms with E-state index < -0.39 is 0 Å². The van der Waals surface area contributed by atoms with E-state index in [2.05, 4.69) is 17.3 Å². The van der Waals surface area contributed by atoms with Gasteiger partial charge in [-0.2, -0.15) is 0 Å². The molecule has 0 atom stereocenters. The molecule has 0 fully saturated rings. The van der Waals surface area contributed by atoms with E-state index >= 15 is 0 Å². The summed E-state index contributed by atoms with van der Waals surface area (Å²) in [7, 11) is 2.12. The van der Waals surface area contributed by atoms with Crippen molar-refractivity contribution in [3.63, 3.8) is 0 Å². The van der Waals surface area contributed by atoms with Gasteiger partial charge in [0.1, 0.15) is 11.5 Å². The molecule has 110 valence electrons. The van der Waals surface area contributed by atoms with E-state index in [1.165, 1.54) is 6.42 Å². The van der Waals surface area contributed by atoms with Crippen molar-refractivity contribution in [1.29, 1.82) is 0 Å². The fourth-order valence-corrected chi connectivity index (χ4v) is 1.91. The Balaban J connectivity index is 1.94. The zero-order valence-corrected chi connectivity index (χ0v) is 12.6. The third kappa shape index (κ3) is 8.03. The van der Waals surface area contributed by atoms with E-state index in [1.807, 2.05) is 26.0 Å². The van der Waals surface area contributed by atoms with Crippen molar-refractivity contribution < 1.29 is 9.15 Å². The highest BCUT2D eigenvalue weighted by Crippen LogP contribution is 2.07. The van der Waals surface area contributed by atoms with Gasteiger partial charge in [0.15, 0.2) is 0 Å². The summed E-state index contributed by atoms with van der Waals surface area (Å²) in [5.41, 5.74) is 0. The van der Waals surface area contributed by atoms with Crippen molar-refractivity contribution in [2.45, 2.75) is 33.2 Å². The largest absolute Gasteiger partial charge is 0.465 e. The Morgan fingerprint density at radius 1 is 1.26 bits per heavy atom. The highest BCUT2D eigenvalue weighted by Gasteiger charge is 2.03. The molecule has 0 amide bonds. The van der Waals surface area contributed by atoms with Gasteiger partial charge in [-0.05, 0) is 52.4 Å². The minimum Gasteiger partial charge on any atom is -0.465 e. The van der Waals surface area contributed by atoms with Crippen LogP contribution in [0.3, 0.4) is 0 Å². The SMILES string of the molecule is CCOCCCCNCCN(C)Cc1ccc(C)o1. The summed E-state index contributed by atoms with van der Waals surface area (Å²) in [6.07, 6.45) is 2.32. The van der Waals surface area contributed by atoms with Gasteiger partial charge < -0.3 is 14.5 Å². The first-order valence-electron chi connectivity index (χ1n) is 7.24. The number of hydrogen-bond donors (Lipinski definition) is 1. The van der Waals surface area contributed by atoms with Crippen molar-refractivity contribution in [2.75, 3.05) is 39.9 Å². The number of nitrogens with zero attached hydrogens (tertiary/aromatic N) is 1. The van der Waals surface area contributed by atoms with Crippen LogP contribution in [0.2, 0.25) is 0 Å². The first-order chi connectivity index (χ1) is 9.22. The molecule has 4 nitrogen and oxygen atoms in total. The predicted molar refractivity (Wildman–Crippen MR) is 78.4 cm³/mol. The van der Waals surface area contributed by atoms with Crippen LogP contribution in [0.4, 0.5) is 0 Å². The first kappa shape index (κ1) is 16.2. The van der Waals surface area contributed by atoms with Gasteiger partial charge in [-0.25, -0.2) is 0 Å². The molecule has 0 spiro atoms. The Morgan fingerprint density at radius 3 is 2.79 bits per heavy atom. The zero-order chi connectivity index (χ0) is 13.9. The molecular formula is C15H28N2O2. The number of unbranched alkanes of at least 4 members (excludes halogenated alkanes) is 1. The van der Waals surface area contributed by atoms with Gasteiger partial charge in [-0.15, -0.1) is 0 Å². The van der Waals surface area contributed by atoms with Crippen LogP contribution in [0.1, 0.15) is 31.3 Å². The highest BCUT2D eigenvalue weighted by atomic mass is 16.5. The molecule has 1 aromatic rings. The number of ether oxygens (including phenoxy) is 1. The minimum atomic E-state index is 0.824. The van der Waals surface area contributed by atoms with Gasteiger partial charge in [0.25, 0.3) is 0 Å². The summed E-state index contributed by atoms with van der Waals surface area (Å²) in [6, 6.07) is 4.06. The van der Waals surface area contributed by atoms with Crippen LogP contribution in [0, 0.1) is 6.92 Å². The second-order valence-corrected chi connectivity index (χ2v) is 4.90. The molecule has 1 rings (SSSR count). The van der Waals surface area contributed by atoms with Crippen LogP contribution in [-0.4, -0.2) is 44.8 Å². The second-order valence-electron chi connectivity index (χ2n) is 4.90. The summed E-state index contributed by atoms with van der Waals surface area (Å²) in [6.45, 7) is 9.72. The Hall–Kier alpha value is -0.840. The van der Waals surface area contributed by atoms with Gasteiger partial charge in [-0.3, -0.25) is 4.90 Å². The molecule has 0 aliphatic heterocycles. The first-order valence-corrected chi connectivity index (χ1v) is 7.24. The fraction of sp³-hybridized carbons (Fsp3) is 0.733. The molecule has 0 unspecified atom stereocenters. The molecule has 0 saturated heterocycles. The lowest BCUT2D eigenvalue weighted by molar-refractivity contribution is 0.143. The minimum absolute atomic E-state index is 0.824. The summed E-state index contributed by atoms with van der Waals surface area (Å²) in [4.78, 5) is 2.27. The van der Waals surface area contributed by atoms with Crippen molar-refractivity contribution >= 4 is 0 Å². The molecule has 1 N–H and O–H groups in total. The number of aryl methyl sites for hydroxylation is 1. The Morgan fingerprint density at radius 2 is 2.11 bits per heavy atom. The maximum atomic E-state index is 5.56. The van der Waals surface area contributed by atoms with Crippen LogP contribution in [0.25, 0.3) is 0 Å². The Bertz CT molecular complexity index is 326. The highest BCUT2D eigenvalue weighted by molar-refractivity contribution is 5.05. The van der Waals surface area contributed by atoms with Crippen LogP contribution >= 0.6 is 0 Å². The van der Waals surface area contributed by atoms with Crippen molar-refractivity contribution in [2.24, 2.45) is 0 Å². The average molecular weight is 268 g/mol. The molecule has 1 heterocycles. The molecule has 0 aromatic carbocycles. The van der Waals surface area contributed by atoms with E-state index in [1.54, 1.807) is 0 Å². The lowest BCUT2D eigenvalue weighted by Crippen LogP contribution is -2.29. The average Bonchev–Trinajstić information content (AvgIpc) is 2.78. The Labute approximate surface area is 117 Å². The van der Waals surface area contributed by atoms with Gasteiger partial charge >= 0.3 is 0 Å². The topological polar surface area (TPSA) is 37.6 Å². The molecular weight excluding hydrogens is 240 g/mol. The third-order valence-corrected chi connectivity index (χ3v) is 2.99. The van der Waals surface area contributed by atoms with E-state index in [9.17, 15) is 0 Å². The molecule has 4 heteroatoms. The van der Waals surface area contributed by atoms with Gasteiger partial charge in [-0.1, -0.05) is 0 Å². The lowest BCUT2D eigenvalue weighted by atomic mass is 10.3. The van der Waals surface area contributed by atoms with E-state index in [4.69, 9.17) is 9.15 Å². The van der Waals surface area contributed by atoms with Crippen molar-refractivity contribution in [1.82, 2.24) is 10.2 Å². The maximum absolute atomic E-state index is 5.56. The number of likely N-dealkylation sites (N-methyl/N-ethyl adjacent to an activating group) is 1. The van der Waals surface area contributed by atoms with Gasteiger partial charge in [0.2, 0.25) is 0 Å². The quantitative estimate of drug-likeness (QED) is 0.626. The summed E-state index contributed by atoms with van der Waals surface area (Å²) in [5.74, 6) is 2.02. The number of nitrogens with one attached hydrogen (secondary N) is 1. The molecule has 19 heavy (non-hydrogen) atoms. The number of hydrogen-bond acceptors (Lipinski definition) is 4. The monoisotopic (exact) mass is 268 g/mol. The maximum Gasteiger partial charge on any atom is 0.118 e. The second kappa shape index (κ2) is 10.0. The Kier molecular flexibility index (Phi) is 8.54. The lowest BCUT2D eigenvalue weighted by Gasteiger charge is -2.15. The normalized spacial score (nSPS) is 11.4. The number of rotatable bonds is 11. The third-order valence-electron chi connectivity index (χ3n) is 2.99. The van der Waals surface area contributed by atoms with Crippen molar-refractivity contribution in [3.05, 3.63) is 23.7 Å². The molecule has 0 aliphatic carbocycles. The van der Waals surface area contributed by atoms with Gasteiger partial charge in [0, 0.05) is 26.3 Å². The van der Waals surface area contributed by atoms with Crippen LogP contribution in [0.5, 0.6) is 0 Å². The standard InChI is InChI=1S/C15H28N2O2/c1-4-18-12-6-5-9-16-10-11-17(3)13-15-8-7-14(2)19-15/h7-8,16H,4-6,9-13H2,1-3H3. The molecule has 0 saturated carbocycles. The molecule has 1 aromatic heterocycles. The van der Waals surface area contributed by atoms with E-state index in [0.717, 1.165) is 57.3 Å². The van der Waals surface area contributed by atoms with E-state index in [-0.39, 0.29) is 0 Å². The smallest absolute Gasteiger partial charge is 0.118 e. The zero-order valence-electron chi connectivity index (χ0n) is 12.6. The fourth-order valence-electron chi connectivity index (χ4n) is 1.91. The number of furan rings is 1. The summed E-state index contributed by atoms with van der Waals surface area (Å²) in [5, 5.41) is 3.46. The predicted octanol–water partition coefficient (Wildman–Crippen LogP) is 2.43. The summed E-state index contributed by atoms with van der Waals surface area (Å²) < 4.78 is 10.9. The van der Waals surface area contributed by atoms with Crippen LogP contribution in [-0.2, 0) is 11.3 Å². The van der Waals surface area contributed by atoms with Crippen molar-refractivity contribution in [3.8, 4) is 0 Å². The van der Waals surface area contributed by atoms with Crippen LogP contribution in [0.15, 0.2) is 16.5 Å².